The summed E-state index contributed by atoms with van der Waals surface area (Å²) in [5.41, 5.74) is 1.38. The van der Waals surface area contributed by atoms with E-state index >= 15 is 0 Å². The fourth-order valence-electron chi connectivity index (χ4n) is 2.67. The van der Waals surface area contributed by atoms with E-state index in [1.54, 1.807) is 36.5 Å². The molecule has 1 unspecified atom stereocenters. The normalized spacial score (nSPS) is 12.1. The lowest BCUT2D eigenvalue weighted by atomic mass is 9.96. The zero-order valence-corrected chi connectivity index (χ0v) is 13.6. The first-order chi connectivity index (χ1) is 11.5. The van der Waals surface area contributed by atoms with Gasteiger partial charge in [-0.3, -0.25) is 9.78 Å². The number of benzene rings is 2. The van der Waals surface area contributed by atoms with Gasteiger partial charge < -0.3 is 15.5 Å². The summed E-state index contributed by atoms with van der Waals surface area (Å²) >= 11 is 6.32. The highest BCUT2D eigenvalue weighted by Crippen LogP contribution is 2.38. The molecule has 0 saturated carbocycles. The van der Waals surface area contributed by atoms with Crippen LogP contribution in [0.25, 0.3) is 10.9 Å². The molecular weight excluding hydrogens is 328 g/mol. The topological polar surface area (TPSA) is 82.5 Å². The number of pyridine rings is 1. The van der Waals surface area contributed by atoms with Crippen LogP contribution in [0.1, 0.15) is 24.1 Å². The van der Waals surface area contributed by atoms with E-state index in [4.69, 9.17) is 11.6 Å². The molecule has 0 spiro atoms. The van der Waals surface area contributed by atoms with Gasteiger partial charge in [0.15, 0.2) is 0 Å². The number of aromatic nitrogens is 1. The van der Waals surface area contributed by atoms with Crippen molar-refractivity contribution >= 4 is 28.4 Å². The monoisotopic (exact) mass is 342 g/mol. The van der Waals surface area contributed by atoms with Crippen LogP contribution in [0.4, 0.5) is 0 Å². The predicted octanol–water partition coefficient (Wildman–Crippen LogP) is 3.52. The molecule has 3 N–H and O–H groups in total. The molecule has 1 atom stereocenters. The molecule has 1 heterocycles. The molecule has 0 aliphatic rings. The third-order valence-electron chi connectivity index (χ3n) is 3.71. The molecule has 0 aliphatic heterocycles. The first-order valence-electron chi connectivity index (χ1n) is 7.29. The quantitative estimate of drug-likeness (QED) is 0.680. The van der Waals surface area contributed by atoms with Crippen LogP contribution in [0.5, 0.6) is 11.5 Å². The lowest BCUT2D eigenvalue weighted by Gasteiger charge is -2.21. The third-order valence-corrected chi connectivity index (χ3v) is 4.02. The molecule has 5 nitrogen and oxygen atoms in total. The standard InChI is InChI=1S/C18H15ClN2O3/c1-10(22)21-16(11-4-2-5-12(23)8-11)14-9-15(19)13-6-3-7-20-17(13)18(14)24/h2-9,16,23-24H,1H3,(H,21,22). The number of nitrogens with zero attached hydrogens (tertiary/aromatic N) is 1. The van der Waals surface area contributed by atoms with E-state index in [2.05, 4.69) is 10.3 Å². The van der Waals surface area contributed by atoms with E-state index < -0.39 is 6.04 Å². The number of rotatable bonds is 3. The Morgan fingerprint density at radius 2 is 2.00 bits per heavy atom. The zero-order chi connectivity index (χ0) is 17.3. The van der Waals surface area contributed by atoms with Crippen LogP contribution in [0.3, 0.4) is 0 Å². The molecule has 1 amide bonds. The Bertz CT molecular complexity index is 927. The van der Waals surface area contributed by atoms with Crippen LogP contribution in [0, 0.1) is 0 Å². The molecule has 0 fully saturated rings. The van der Waals surface area contributed by atoms with Crippen LogP contribution in [0.2, 0.25) is 5.02 Å². The minimum atomic E-state index is -0.668. The average molecular weight is 343 g/mol. The van der Waals surface area contributed by atoms with Crippen molar-refractivity contribution in [2.45, 2.75) is 13.0 Å². The van der Waals surface area contributed by atoms with Gasteiger partial charge in [-0.25, -0.2) is 0 Å². The Morgan fingerprint density at radius 1 is 1.21 bits per heavy atom. The highest BCUT2D eigenvalue weighted by atomic mass is 35.5. The van der Waals surface area contributed by atoms with E-state index in [9.17, 15) is 15.0 Å². The van der Waals surface area contributed by atoms with Crippen molar-refractivity contribution in [3.63, 3.8) is 0 Å². The van der Waals surface area contributed by atoms with E-state index in [1.165, 1.54) is 19.1 Å². The largest absolute Gasteiger partial charge is 0.508 e. The van der Waals surface area contributed by atoms with Crippen LogP contribution in [0.15, 0.2) is 48.7 Å². The van der Waals surface area contributed by atoms with Crippen molar-refractivity contribution in [3.05, 3.63) is 64.8 Å². The molecule has 0 radical (unpaired) electrons. The number of nitrogens with one attached hydrogen (secondary N) is 1. The van der Waals surface area contributed by atoms with E-state index in [-0.39, 0.29) is 17.4 Å². The summed E-state index contributed by atoms with van der Waals surface area (Å²) < 4.78 is 0. The molecule has 3 rings (SSSR count). The van der Waals surface area contributed by atoms with Crippen molar-refractivity contribution in [2.24, 2.45) is 0 Å². The summed E-state index contributed by atoms with van der Waals surface area (Å²) in [6, 6.07) is 10.9. The molecule has 122 valence electrons. The minimum absolute atomic E-state index is 0.0582. The lowest BCUT2D eigenvalue weighted by molar-refractivity contribution is -0.119. The first-order valence-corrected chi connectivity index (χ1v) is 7.67. The van der Waals surface area contributed by atoms with E-state index in [1.807, 2.05) is 0 Å². The summed E-state index contributed by atoms with van der Waals surface area (Å²) in [6.07, 6.45) is 1.56. The number of hydrogen-bond donors (Lipinski definition) is 3. The number of amides is 1. The zero-order valence-electron chi connectivity index (χ0n) is 12.8. The fourth-order valence-corrected chi connectivity index (χ4v) is 2.94. The van der Waals surface area contributed by atoms with Crippen molar-refractivity contribution in [3.8, 4) is 11.5 Å². The molecule has 0 saturated heterocycles. The van der Waals surface area contributed by atoms with Gasteiger partial charge in [-0.2, -0.15) is 0 Å². The number of carbonyl (C=O) groups excluding carboxylic acids is 1. The Labute approximate surface area is 143 Å². The number of hydrogen-bond acceptors (Lipinski definition) is 4. The number of phenolic OH excluding ortho intramolecular Hbond substituents is 2. The molecule has 1 aromatic heterocycles. The number of phenols is 2. The van der Waals surface area contributed by atoms with Crippen molar-refractivity contribution in [2.75, 3.05) is 0 Å². The fraction of sp³-hybridized carbons (Fsp3) is 0.111. The molecule has 2 aromatic carbocycles. The second-order valence-electron chi connectivity index (χ2n) is 5.42. The Balaban J connectivity index is 2.23. The van der Waals surface area contributed by atoms with Gasteiger partial charge in [-0.1, -0.05) is 23.7 Å². The van der Waals surface area contributed by atoms with Gasteiger partial charge in [0.05, 0.1) is 11.1 Å². The molecule has 3 aromatic rings. The maximum absolute atomic E-state index is 11.6. The second-order valence-corrected chi connectivity index (χ2v) is 5.83. The van der Waals surface area contributed by atoms with Gasteiger partial charge in [-0.15, -0.1) is 0 Å². The lowest BCUT2D eigenvalue weighted by Crippen LogP contribution is -2.27. The maximum atomic E-state index is 11.6. The van der Waals surface area contributed by atoms with Crippen molar-refractivity contribution < 1.29 is 15.0 Å². The molecule has 0 bridgehead atoms. The van der Waals surface area contributed by atoms with Gasteiger partial charge in [0.25, 0.3) is 0 Å². The highest BCUT2D eigenvalue weighted by Gasteiger charge is 2.22. The summed E-state index contributed by atoms with van der Waals surface area (Å²) in [4.78, 5) is 15.8. The smallest absolute Gasteiger partial charge is 0.217 e. The summed E-state index contributed by atoms with van der Waals surface area (Å²) in [5, 5.41) is 24.2. The Hall–Kier alpha value is -2.79. The number of fused-ring (bicyclic) bond motifs is 1. The summed E-state index contributed by atoms with van der Waals surface area (Å²) in [7, 11) is 0. The van der Waals surface area contributed by atoms with Crippen LogP contribution < -0.4 is 5.32 Å². The summed E-state index contributed by atoms with van der Waals surface area (Å²) in [6.45, 7) is 1.38. The Kier molecular flexibility index (Phi) is 4.27. The first kappa shape index (κ1) is 16.1. The predicted molar refractivity (Wildman–Crippen MR) is 92.2 cm³/mol. The van der Waals surface area contributed by atoms with Gasteiger partial charge in [0.2, 0.25) is 5.91 Å². The number of carbonyl (C=O) groups is 1. The van der Waals surface area contributed by atoms with E-state index in [0.29, 0.717) is 27.1 Å². The van der Waals surface area contributed by atoms with Gasteiger partial charge >= 0.3 is 0 Å². The van der Waals surface area contributed by atoms with Crippen LogP contribution >= 0.6 is 11.6 Å². The molecular formula is C18H15ClN2O3. The second kappa shape index (κ2) is 6.37. The van der Waals surface area contributed by atoms with Crippen LogP contribution in [-0.2, 0) is 4.79 Å². The Morgan fingerprint density at radius 3 is 2.71 bits per heavy atom. The maximum Gasteiger partial charge on any atom is 0.217 e. The molecule has 0 aliphatic carbocycles. The molecule has 6 heteroatoms. The summed E-state index contributed by atoms with van der Waals surface area (Å²) in [5.74, 6) is -0.274. The minimum Gasteiger partial charge on any atom is -0.508 e. The highest BCUT2D eigenvalue weighted by molar-refractivity contribution is 6.35. The van der Waals surface area contributed by atoms with Crippen molar-refractivity contribution in [1.82, 2.24) is 10.3 Å². The van der Waals surface area contributed by atoms with Gasteiger partial charge in [-0.05, 0) is 35.9 Å². The van der Waals surface area contributed by atoms with E-state index in [0.717, 1.165) is 0 Å². The van der Waals surface area contributed by atoms with Gasteiger partial charge in [0, 0.05) is 24.1 Å². The van der Waals surface area contributed by atoms with Gasteiger partial charge in [0.1, 0.15) is 17.0 Å². The average Bonchev–Trinajstić information content (AvgIpc) is 2.56. The SMILES string of the molecule is CC(=O)NC(c1cccc(O)c1)c1cc(Cl)c2cccnc2c1O. The number of aromatic hydroxyl groups is 2. The number of halogens is 1. The van der Waals surface area contributed by atoms with Crippen LogP contribution in [-0.4, -0.2) is 21.1 Å². The third kappa shape index (κ3) is 2.98. The van der Waals surface area contributed by atoms with Crippen molar-refractivity contribution in [1.29, 1.82) is 0 Å². The molecule has 24 heavy (non-hydrogen) atoms.